The Hall–Kier alpha value is -2.69. The number of thiazole rings is 1. The van der Waals surface area contributed by atoms with E-state index in [1.807, 2.05) is 19.1 Å². The average Bonchev–Trinajstić information content (AvgIpc) is 3.19. The molecule has 3 aromatic rings. The molecule has 0 saturated heterocycles. The summed E-state index contributed by atoms with van der Waals surface area (Å²) in [5.41, 5.74) is 9.23. The molecule has 8 nitrogen and oxygen atoms in total. The molecule has 3 rings (SSSR count). The molecule has 0 unspecified atom stereocenters. The molecule has 0 spiro atoms. The van der Waals surface area contributed by atoms with Crippen molar-refractivity contribution in [1.82, 2.24) is 15.0 Å². The first-order valence-electron chi connectivity index (χ1n) is 9.84. The SMILES string of the molecule is CCOC(=O)Cc1csc(NC(=O)CSc2nc(N)c(-c3ccc(Cl)cc3)c(CC)n2)n1. The van der Waals surface area contributed by atoms with Crippen molar-refractivity contribution in [2.24, 2.45) is 0 Å². The standard InChI is InChI=1S/C21H22ClN5O3S2/c1-3-15-18(12-5-7-13(22)8-6-12)19(23)27-21(25-15)32-11-16(28)26-20-24-14(10-31-20)9-17(29)30-4-2/h5-8,10H,3-4,9,11H2,1-2H3,(H2,23,25,27)(H,24,26,28). The Labute approximate surface area is 199 Å². The smallest absolute Gasteiger partial charge is 0.311 e. The van der Waals surface area contributed by atoms with E-state index >= 15 is 0 Å². The van der Waals surface area contributed by atoms with E-state index in [0.717, 1.165) is 16.8 Å². The number of thioether (sulfide) groups is 1. The number of nitrogens with two attached hydrogens (primary N) is 1. The molecule has 0 saturated carbocycles. The number of aromatic nitrogens is 3. The Bertz CT molecular complexity index is 1110. The molecule has 0 bridgehead atoms. The number of nitrogens with one attached hydrogen (secondary N) is 1. The van der Waals surface area contributed by atoms with E-state index < -0.39 is 0 Å². The third kappa shape index (κ3) is 6.41. The summed E-state index contributed by atoms with van der Waals surface area (Å²) in [5, 5.41) is 5.92. The quantitative estimate of drug-likeness (QED) is 0.259. The monoisotopic (exact) mass is 491 g/mol. The lowest BCUT2D eigenvalue weighted by Crippen LogP contribution is -2.15. The molecule has 1 aromatic carbocycles. The Morgan fingerprint density at radius 1 is 1.19 bits per heavy atom. The number of benzene rings is 1. The van der Waals surface area contributed by atoms with Crippen molar-refractivity contribution in [2.75, 3.05) is 23.4 Å². The van der Waals surface area contributed by atoms with E-state index in [9.17, 15) is 9.59 Å². The zero-order valence-electron chi connectivity index (χ0n) is 17.6. The minimum atomic E-state index is -0.352. The fraction of sp³-hybridized carbons (Fsp3) is 0.286. The van der Waals surface area contributed by atoms with Gasteiger partial charge in [0.1, 0.15) is 5.82 Å². The van der Waals surface area contributed by atoms with Crippen molar-refractivity contribution in [1.29, 1.82) is 0 Å². The maximum atomic E-state index is 12.3. The predicted molar refractivity (Wildman–Crippen MR) is 128 cm³/mol. The number of anilines is 2. The highest BCUT2D eigenvalue weighted by Gasteiger charge is 2.16. The summed E-state index contributed by atoms with van der Waals surface area (Å²) in [4.78, 5) is 37.0. The first kappa shape index (κ1) is 24.0. The van der Waals surface area contributed by atoms with E-state index in [-0.39, 0.29) is 24.1 Å². The third-order valence-corrected chi connectivity index (χ3v) is 6.13. The summed E-state index contributed by atoms with van der Waals surface area (Å²) < 4.78 is 4.90. The van der Waals surface area contributed by atoms with Crippen LogP contribution in [0.1, 0.15) is 25.2 Å². The van der Waals surface area contributed by atoms with Crippen LogP contribution < -0.4 is 11.1 Å². The van der Waals surface area contributed by atoms with Gasteiger partial charge < -0.3 is 15.8 Å². The molecule has 2 heterocycles. The second-order valence-corrected chi connectivity index (χ2v) is 8.77. The zero-order chi connectivity index (χ0) is 23.1. The Kier molecular flexibility index (Phi) is 8.43. The molecule has 0 aliphatic rings. The van der Waals surface area contributed by atoms with Gasteiger partial charge in [-0.05, 0) is 31.0 Å². The molecule has 0 aliphatic heterocycles. The van der Waals surface area contributed by atoms with Crippen LogP contribution in [0, 0.1) is 0 Å². The van der Waals surface area contributed by atoms with Gasteiger partial charge in [0.05, 0.1) is 30.2 Å². The number of rotatable bonds is 9. The number of nitrogen functional groups attached to an aromatic ring is 1. The van der Waals surface area contributed by atoms with Crippen LogP contribution in [0.2, 0.25) is 5.02 Å². The fourth-order valence-corrected chi connectivity index (χ4v) is 4.37. The molecule has 0 aliphatic carbocycles. The van der Waals surface area contributed by atoms with Gasteiger partial charge in [0.25, 0.3) is 0 Å². The topological polar surface area (TPSA) is 120 Å². The van der Waals surface area contributed by atoms with E-state index in [1.165, 1.54) is 23.1 Å². The Morgan fingerprint density at radius 3 is 2.62 bits per heavy atom. The van der Waals surface area contributed by atoms with Crippen LogP contribution in [0.5, 0.6) is 0 Å². The zero-order valence-corrected chi connectivity index (χ0v) is 19.9. The number of carbonyl (C=O) groups is 2. The van der Waals surface area contributed by atoms with Crippen molar-refractivity contribution in [3.05, 3.63) is 46.1 Å². The maximum Gasteiger partial charge on any atom is 0.311 e. The van der Waals surface area contributed by atoms with Crippen molar-refractivity contribution < 1.29 is 14.3 Å². The van der Waals surface area contributed by atoms with Gasteiger partial charge >= 0.3 is 5.97 Å². The van der Waals surface area contributed by atoms with Crippen molar-refractivity contribution in [2.45, 2.75) is 31.8 Å². The largest absolute Gasteiger partial charge is 0.466 e. The van der Waals surface area contributed by atoms with Crippen LogP contribution in [-0.4, -0.2) is 39.2 Å². The molecule has 32 heavy (non-hydrogen) atoms. The Balaban J connectivity index is 1.62. The number of amides is 1. The highest BCUT2D eigenvalue weighted by atomic mass is 35.5. The Morgan fingerprint density at radius 2 is 1.94 bits per heavy atom. The highest BCUT2D eigenvalue weighted by molar-refractivity contribution is 7.99. The minimum Gasteiger partial charge on any atom is -0.466 e. The second-order valence-electron chi connectivity index (χ2n) is 6.54. The van der Waals surface area contributed by atoms with Gasteiger partial charge in [-0.15, -0.1) is 11.3 Å². The van der Waals surface area contributed by atoms with Gasteiger partial charge in [-0.25, -0.2) is 15.0 Å². The lowest BCUT2D eigenvalue weighted by atomic mass is 10.0. The molecular weight excluding hydrogens is 470 g/mol. The predicted octanol–water partition coefficient (Wildman–Crippen LogP) is 4.23. The summed E-state index contributed by atoms with van der Waals surface area (Å²) >= 11 is 8.41. The number of halogens is 1. The van der Waals surface area contributed by atoms with Crippen molar-refractivity contribution in [3.8, 4) is 11.1 Å². The van der Waals surface area contributed by atoms with E-state index in [4.69, 9.17) is 22.1 Å². The lowest BCUT2D eigenvalue weighted by Gasteiger charge is -2.12. The van der Waals surface area contributed by atoms with Crippen LogP contribution in [0.3, 0.4) is 0 Å². The first-order valence-corrected chi connectivity index (χ1v) is 12.1. The molecule has 11 heteroatoms. The van der Waals surface area contributed by atoms with E-state index in [0.29, 0.717) is 39.9 Å². The number of aryl methyl sites for hydroxylation is 1. The van der Waals surface area contributed by atoms with Crippen molar-refractivity contribution in [3.63, 3.8) is 0 Å². The third-order valence-electron chi connectivity index (χ3n) is 4.22. The van der Waals surface area contributed by atoms with Crippen molar-refractivity contribution >= 4 is 57.5 Å². The molecule has 0 fully saturated rings. The summed E-state index contributed by atoms with van der Waals surface area (Å²) in [6, 6.07) is 7.33. The molecule has 0 radical (unpaired) electrons. The van der Waals surface area contributed by atoms with Crippen LogP contribution in [-0.2, 0) is 27.2 Å². The number of ether oxygens (including phenoxy) is 1. The average molecular weight is 492 g/mol. The van der Waals surface area contributed by atoms with Gasteiger partial charge in [-0.3, -0.25) is 9.59 Å². The number of hydrogen-bond acceptors (Lipinski definition) is 9. The van der Waals surface area contributed by atoms with Gasteiger partial charge in [0.2, 0.25) is 5.91 Å². The van der Waals surface area contributed by atoms with Crippen LogP contribution in [0.15, 0.2) is 34.8 Å². The summed E-state index contributed by atoms with van der Waals surface area (Å²) in [6.07, 6.45) is 0.731. The van der Waals surface area contributed by atoms with Crippen LogP contribution >= 0.6 is 34.7 Å². The molecule has 0 atom stereocenters. The highest BCUT2D eigenvalue weighted by Crippen LogP contribution is 2.31. The van der Waals surface area contributed by atoms with Gasteiger partial charge in [0.15, 0.2) is 10.3 Å². The van der Waals surface area contributed by atoms with Crippen LogP contribution in [0.25, 0.3) is 11.1 Å². The lowest BCUT2D eigenvalue weighted by molar-refractivity contribution is -0.142. The van der Waals surface area contributed by atoms with E-state index in [2.05, 4.69) is 20.3 Å². The summed E-state index contributed by atoms with van der Waals surface area (Å²) in [5.74, 6) is -0.162. The molecule has 1 amide bonds. The number of nitrogens with zero attached hydrogens (tertiary/aromatic N) is 3. The van der Waals surface area contributed by atoms with Gasteiger partial charge in [0, 0.05) is 16.0 Å². The number of carbonyl (C=O) groups excluding carboxylic acids is 2. The van der Waals surface area contributed by atoms with E-state index in [1.54, 1.807) is 24.4 Å². The minimum absolute atomic E-state index is 0.0713. The summed E-state index contributed by atoms with van der Waals surface area (Å²) in [7, 11) is 0. The molecule has 2 aromatic heterocycles. The second kappa shape index (κ2) is 11.3. The van der Waals surface area contributed by atoms with Gasteiger partial charge in [-0.2, -0.15) is 0 Å². The number of esters is 1. The van der Waals surface area contributed by atoms with Gasteiger partial charge in [-0.1, -0.05) is 42.4 Å². The number of hydrogen-bond donors (Lipinski definition) is 2. The fourth-order valence-electron chi connectivity index (χ4n) is 2.85. The summed E-state index contributed by atoms with van der Waals surface area (Å²) in [6.45, 7) is 4.05. The maximum absolute atomic E-state index is 12.3. The molecular formula is C21H22ClN5O3S2. The van der Waals surface area contributed by atoms with Crippen LogP contribution in [0.4, 0.5) is 10.9 Å². The molecule has 168 valence electrons. The molecule has 3 N–H and O–H groups in total. The normalized spacial score (nSPS) is 10.7. The first-order chi connectivity index (χ1) is 15.4.